The van der Waals surface area contributed by atoms with Crippen LogP contribution in [-0.4, -0.2) is 43.1 Å². The second-order valence-electron chi connectivity index (χ2n) is 5.39. The van der Waals surface area contributed by atoms with Gasteiger partial charge in [0.05, 0.1) is 6.61 Å². The zero-order valence-electron chi connectivity index (χ0n) is 12.9. The fourth-order valence-electron chi connectivity index (χ4n) is 2.97. The van der Waals surface area contributed by atoms with Crippen LogP contribution < -0.4 is 9.47 Å². The van der Waals surface area contributed by atoms with Crippen molar-refractivity contribution >= 4 is 11.6 Å². The van der Waals surface area contributed by atoms with E-state index in [0.717, 1.165) is 24.6 Å². The van der Waals surface area contributed by atoms with E-state index in [-0.39, 0.29) is 0 Å². The third-order valence-corrected chi connectivity index (χ3v) is 4.17. The molecular weight excluding hydrogens is 286 g/mol. The smallest absolute Gasteiger partial charge is 0.161 e. The molecule has 0 aromatic heterocycles. The van der Waals surface area contributed by atoms with E-state index < -0.39 is 0 Å². The summed E-state index contributed by atoms with van der Waals surface area (Å²) in [4.78, 5) is 2.48. The molecule has 0 radical (unpaired) electrons. The highest BCUT2D eigenvalue weighted by Gasteiger charge is 2.21. The topological polar surface area (TPSA) is 21.7 Å². The number of halogens is 1. The number of benzene rings is 1. The van der Waals surface area contributed by atoms with E-state index in [9.17, 15) is 0 Å². The molecule has 1 fully saturated rings. The van der Waals surface area contributed by atoms with Crippen molar-refractivity contribution in [1.29, 1.82) is 0 Å². The summed E-state index contributed by atoms with van der Waals surface area (Å²) in [5.41, 5.74) is 0. The summed E-state index contributed by atoms with van der Waals surface area (Å²) in [6.45, 7) is 5.19. The zero-order chi connectivity index (χ0) is 14.9. The summed E-state index contributed by atoms with van der Waals surface area (Å²) < 4.78 is 11.5. The van der Waals surface area contributed by atoms with E-state index in [1.807, 2.05) is 31.2 Å². The Morgan fingerprint density at radius 1 is 1.10 bits per heavy atom. The Bertz CT molecular complexity index is 408. The number of hydrogen-bond donors (Lipinski definition) is 0. The van der Waals surface area contributed by atoms with Gasteiger partial charge in [0.15, 0.2) is 11.5 Å². The van der Waals surface area contributed by atoms with Crippen molar-refractivity contribution < 1.29 is 9.47 Å². The van der Waals surface area contributed by atoms with Crippen molar-refractivity contribution in [2.75, 3.05) is 32.2 Å². The van der Waals surface area contributed by atoms with Gasteiger partial charge in [0, 0.05) is 25.0 Å². The van der Waals surface area contributed by atoms with Gasteiger partial charge in [0.25, 0.3) is 0 Å². The van der Waals surface area contributed by atoms with Crippen molar-refractivity contribution in [3.05, 3.63) is 24.3 Å². The van der Waals surface area contributed by atoms with E-state index in [1.165, 1.54) is 25.7 Å². The molecule has 0 bridgehead atoms. The van der Waals surface area contributed by atoms with E-state index in [4.69, 9.17) is 21.1 Å². The SMILES string of the molecule is CCOc1ccccc1OCCN(CCCl)C1CCCC1. The fraction of sp³-hybridized carbons (Fsp3) is 0.647. The number of hydrogen-bond acceptors (Lipinski definition) is 3. The second kappa shape index (κ2) is 9.16. The molecule has 1 aromatic rings. The first kappa shape index (κ1) is 16.4. The van der Waals surface area contributed by atoms with Crippen LogP contribution in [0.3, 0.4) is 0 Å². The van der Waals surface area contributed by atoms with Crippen LogP contribution >= 0.6 is 11.6 Å². The minimum Gasteiger partial charge on any atom is -0.490 e. The predicted octanol–water partition coefficient (Wildman–Crippen LogP) is 3.95. The molecule has 1 saturated carbocycles. The molecule has 2 rings (SSSR count). The van der Waals surface area contributed by atoms with Crippen LogP contribution in [0.4, 0.5) is 0 Å². The molecule has 0 amide bonds. The standard InChI is InChI=1S/C17H26ClNO2/c1-2-20-16-9-5-6-10-17(16)21-14-13-19(12-11-18)15-7-3-4-8-15/h5-6,9-10,15H,2-4,7-8,11-14H2,1H3. The Labute approximate surface area is 133 Å². The van der Waals surface area contributed by atoms with Crippen LogP contribution in [0.2, 0.25) is 0 Å². The molecule has 1 aromatic carbocycles. The number of alkyl halides is 1. The molecule has 1 aliphatic rings. The molecular formula is C17H26ClNO2. The van der Waals surface area contributed by atoms with Gasteiger partial charge in [-0.3, -0.25) is 4.90 Å². The first-order valence-corrected chi connectivity index (χ1v) is 8.53. The summed E-state index contributed by atoms with van der Waals surface area (Å²) in [7, 11) is 0. The van der Waals surface area contributed by atoms with Gasteiger partial charge in [-0.2, -0.15) is 0 Å². The third kappa shape index (κ3) is 5.08. The minimum atomic E-state index is 0.654. The quantitative estimate of drug-likeness (QED) is 0.645. The monoisotopic (exact) mass is 311 g/mol. The van der Waals surface area contributed by atoms with E-state index >= 15 is 0 Å². The lowest BCUT2D eigenvalue weighted by Gasteiger charge is -2.28. The number of para-hydroxylation sites is 2. The minimum absolute atomic E-state index is 0.654. The molecule has 0 atom stereocenters. The summed E-state index contributed by atoms with van der Waals surface area (Å²) in [6, 6.07) is 8.55. The summed E-state index contributed by atoms with van der Waals surface area (Å²) in [5, 5.41) is 0. The van der Waals surface area contributed by atoms with Crippen LogP contribution in [0.5, 0.6) is 11.5 Å². The summed E-state index contributed by atoms with van der Waals surface area (Å²) in [5.74, 6) is 2.34. The van der Waals surface area contributed by atoms with Crippen molar-refractivity contribution in [3.8, 4) is 11.5 Å². The van der Waals surface area contributed by atoms with Crippen molar-refractivity contribution in [2.24, 2.45) is 0 Å². The normalized spacial score (nSPS) is 15.6. The van der Waals surface area contributed by atoms with E-state index in [2.05, 4.69) is 4.90 Å². The molecule has 0 spiro atoms. The van der Waals surface area contributed by atoms with E-state index in [1.54, 1.807) is 0 Å². The highest BCUT2D eigenvalue weighted by Crippen LogP contribution is 2.27. The van der Waals surface area contributed by atoms with Crippen LogP contribution in [-0.2, 0) is 0 Å². The molecule has 0 N–H and O–H groups in total. The lowest BCUT2D eigenvalue weighted by atomic mass is 10.2. The zero-order valence-corrected chi connectivity index (χ0v) is 13.6. The first-order chi connectivity index (χ1) is 10.3. The van der Waals surface area contributed by atoms with Gasteiger partial charge in [-0.05, 0) is 31.9 Å². The predicted molar refractivity (Wildman–Crippen MR) is 87.7 cm³/mol. The van der Waals surface area contributed by atoms with Crippen molar-refractivity contribution in [2.45, 2.75) is 38.6 Å². The number of nitrogens with zero attached hydrogens (tertiary/aromatic N) is 1. The molecule has 0 unspecified atom stereocenters. The maximum absolute atomic E-state index is 5.93. The molecule has 118 valence electrons. The van der Waals surface area contributed by atoms with Crippen LogP contribution in [0, 0.1) is 0 Å². The Balaban J connectivity index is 1.84. The Kier molecular flexibility index (Phi) is 7.17. The van der Waals surface area contributed by atoms with Crippen molar-refractivity contribution in [1.82, 2.24) is 4.90 Å². The third-order valence-electron chi connectivity index (χ3n) is 4.00. The van der Waals surface area contributed by atoms with Gasteiger partial charge >= 0.3 is 0 Å². The molecule has 0 saturated heterocycles. The van der Waals surface area contributed by atoms with Gasteiger partial charge in [0.1, 0.15) is 6.61 Å². The van der Waals surface area contributed by atoms with Crippen LogP contribution in [0.25, 0.3) is 0 Å². The average Bonchev–Trinajstić information content (AvgIpc) is 3.02. The summed E-state index contributed by atoms with van der Waals surface area (Å²) in [6.07, 6.45) is 5.29. The molecule has 3 nitrogen and oxygen atoms in total. The molecule has 21 heavy (non-hydrogen) atoms. The van der Waals surface area contributed by atoms with Crippen molar-refractivity contribution in [3.63, 3.8) is 0 Å². The average molecular weight is 312 g/mol. The Morgan fingerprint density at radius 2 is 1.76 bits per heavy atom. The number of rotatable bonds is 9. The Morgan fingerprint density at radius 3 is 2.38 bits per heavy atom. The lowest BCUT2D eigenvalue weighted by Crippen LogP contribution is -2.38. The van der Waals surface area contributed by atoms with Gasteiger partial charge in [-0.25, -0.2) is 0 Å². The fourth-order valence-corrected chi connectivity index (χ4v) is 3.19. The van der Waals surface area contributed by atoms with Gasteiger partial charge in [-0.1, -0.05) is 25.0 Å². The largest absolute Gasteiger partial charge is 0.490 e. The molecule has 4 heteroatoms. The van der Waals surface area contributed by atoms with Crippen LogP contribution in [0.15, 0.2) is 24.3 Å². The second-order valence-corrected chi connectivity index (χ2v) is 5.77. The maximum Gasteiger partial charge on any atom is 0.161 e. The van der Waals surface area contributed by atoms with Crippen LogP contribution in [0.1, 0.15) is 32.6 Å². The first-order valence-electron chi connectivity index (χ1n) is 7.99. The van der Waals surface area contributed by atoms with E-state index in [0.29, 0.717) is 25.1 Å². The maximum atomic E-state index is 5.93. The number of ether oxygens (including phenoxy) is 2. The van der Waals surface area contributed by atoms with Gasteiger partial charge in [0.2, 0.25) is 0 Å². The Hall–Kier alpha value is -0.930. The molecule has 1 aliphatic carbocycles. The summed E-state index contributed by atoms with van der Waals surface area (Å²) >= 11 is 5.93. The van der Waals surface area contributed by atoms with Gasteiger partial charge < -0.3 is 9.47 Å². The van der Waals surface area contributed by atoms with Gasteiger partial charge in [-0.15, -0.1) is 11.6 Å². The molecule has 0 aliphatic heterocycles. The highest BCUT2D eigenvalue weighted by atomic mass is 35.5. The molecule has 0 heterocycles. The lowest BCUT2D eigenvalue weighted by molar-refractivity contribution is 0.165. The highest BCUT2D eigenvalue weighted by molar-refractivity contribution is 6.18.